The summed E-state index contributed by atoms with van der Waals surface area (Å²) in [6.07, 6.45) is 4.12. The normalized spacial score (nSPS) is 32.7. The van der Waals surface area contributed by atoms with E-state index in [2.05, 4.69) is 26.0 Å². The minimum Gasteiger partial charge on any atom is -0.464 e. The molecular formula is C9H20N2. The molecule has 0 radical (unpaired) electrons. The highest BCUT2D eigenvalue weighted by atomic mass is 15.2. The van der Waals surface area contributed by atoms with Gasteiger partial charge in [0, 0.05) is 6.54 Å². The first-order chi connectivity index (χ1) is 5.20. The molecule has 2 nitrogen and oxygen atoms in total. The van der Waals surface area contributed by atoms with Crippen LogP contribution in [0, 0.1) is 7.05 Å². The fraction of sp³-hybridized carbons (Fsp3) is 0.889. The Hall–Kier alpha value is -0.0800. The second-order valence-electron chi connectivity index (χ2n) is 3.86. The van der Waals surface area contributed by atoms with Crippen molar-refractivity contribution in [2.75, 3.05) is 27.2 Å². The molecule has 1 aliphatic heterocycles. The van der Waals surface area contributed by atoms with E-state index in [1.165, 1.54) is 37.3 Å². The van der Waals surface area contributed by atoms with Crippen LogP contribution in [0.1, 0.15) is 19.3 Å². The largest absolute Gasteiger partial charge is 0.464 e. The Morgan fingerprint density at radius 3 is 2.73 bits per heavy atom. The van der Waals surface area contributed by atoms with Gasteiger partial charge in [-0.05, 0) is 33.4 Å². The smallest absolute Gasteiger partial charge is 0.0763 e. The molecule has 1 N–H and O–H groups in total. The molecule has 1 rings (SSSR count). The summed E-state index contributed by atoms with van der Waals surface area (Å²) < 4.78 is 0. The molecule has 0 bridgehead atoms. The van der Waals surface area contributed by atoms with Crippen molar-refractivity contribution in [3.63, 3.8) is 0 Å². The van der Waals surface area contributed by atoms with Gasteiger partial charge in [-0.2, -0.15) is 7.05 Å². The quantitative estimate of drug-likeness (QED) is 0.543. The van der Waals surface area contributed by atoms with Gasteiger partial charge in [-0.3, -0.25) is 0 Å². The molecule has 0 spiro atoms. The van der Waals surface area contributed by atoms with Crippen LogP contribution in [-0.2, 0) is 0 Å². The zero-order chi connectivity index (χ0) is 8.27. The number of quaternary nitrogens is 1. The Labute approximate surface area is 70.2 Å². The lowest BCUT2D eigenvalue weighted by Gasteiger charge is -2.36. The van der Waals surface area contributed by atoms with Crippen LogP contribution in [-0.4, -0.2) is 38.1 Å². The summed E-state index contributed by atoms with van der Waals surface area (Å²) in [7, 11) is 8.40. The molecule has 0 amide bonds. The van der Waals surface area contributed by atoms with Gasteiger partial charge in [0.15, 0.2) is 0 Å². The maximum atomic E-state index is 4.12. The highest BCUT2D eigenvalue weighted by Crippen LogP contribution is 2.02. The van der Waals surface area contributed by atoms with Crippen molar-refractivity contribution >= 4 is 0 Å². The van der Waals surface area contributed by atoms with E-state index < -0.39 is 0 Å². The standard InChI is InChI=1S/C9H20N2/c1-10(2)8-9-6-4-5-7-11(9)3/h9,11H,3-8H2,1-2H3. The van der Waals surface area contributed by atoms with E-state index >= 15 is 0 Å². The van der Waals surface area contributed by atoms with Crippen LogP contribution < -0.4 is 4.90 Å². The molecule has 66 valence electrons. The van der Waals surface area contributed by atoms with Crippen molar-refractivity contribution < 1.29 is 4.90 Å². The van der Waals surface area contributed by atoms with Crippen molar-refractivity contribution in [3.8, 4) is 0 Å². The first-order valence-corrected chi connectivity index (χ1v) is 4.52. The maximum Gasteiger partial charge on any atom is 0.0763 e. The van der Waals surface area contributed by atoms with Gasteiger partial charge in [0.1, 0.15) is 0 Å². The molecule has 1 aliphatic rings. The molecule has 0 aliphatic carbocycles. The maximum absolute atomic E-state index is 4.12. The summed E-state index contributed by atoms with van der Waals surface area (Å²) in [4.78, 5) is 3.74. The summed E-state index contributed by atoms with van der Waals surface area (Å²) >= 11 is 0. The number of hydrogen-bond donors (Lipinski definition) is 1. The molecule has 0 aromatic rings. The topological polar surface area (TPSA) is 7.68 Å². The molecule has 2 heteroatoms. The summed E-state index contributed by atoms with van der Waals surface area (Å²) in [5.41, 5.74) is 0. The van der Waals surface area contributed by atoms with Crippen molar-refractivity contribution in [3.05, 3.63) is 7.05 Å². The van der Waals surface area contributed by atoms with E-state index in [9.17, 15) is 0 Å². The Morgan fingerprint density at radius 2 is 2.18 bits per heavy atom. The molecule has 1 fully saturated rings. The van der Waals surface area contributed by atoms with E-state index in [0.717, 1.165) is 6.04 Å². The van der Waals surface area contributed by atoms with Gasteiger partial charge in [-0.15, -0.1) is 0 Å². The predicted molar refractivity (Wildman–Crippen MR) is 47.4 cm³/mol. The van der Waals surface area contributed by atoms with Crippen LogP contribution in [0.5, 0.6) is 0 Å². The number of nitrogens with one attached hydrogen (secondary N) is 1. The molecule has 1 saturated heterocycles. The van der Waals surface area contributed by atoms with Crippen LogP contribution in [0.2, 0.25) is 0 Å². The molecule has 0 saturated carbocycles. The zero-order valence-electron chi connectivity index (χ0n) is 7.77. The van der Waals surface area contributed by atoms with Gasteiger partial charge in [-0.1, -0.05) is 0 Å². The molecule has 11 heavy (non-hydrogen) atoms. The average Bonchev–Trinajstić information content (AvgIpc) is 1.93. The molecule has 2 unspecified atom stereocenters. The molecular weight excluding hydrogens is 136 g/mol. The number of piperidine rings is 1. The minimum atomic E-state index is 0.777. The van der Waals surface area contributed by atoms with E-state index in [1.807, 2.05) is 0 Å². The van der Waals surface area contributed by atoms with E-state index in [4.69, 9.17) is 0 Å². The van der Waals surface area contributed by atoms with E-state index in [-0.39, 0.29) is 0 Å². The van der Waals surface area contributed by atoms with Gasteiger partial charge in [0.05, 0.1) is 12.6 Å². The fourth-order valence-electron chi connectivity index (χ4n) is 1.81. The van der Waals surface area contributed by atoms with Crippen LogP contribution in [0.4, 0.5) is 0 Å². The Morgan fingerprint density at radius 1 is 1.45 bits per heavy atom. The summed E-state index contributed by atoms with van der Waals surface area (Å²) in [6.45, 7) is 2.46. The van der Waals surface area contributed by atoms with Crippen molar-refractivity contribution in [1.29, 1.82) is 0 Å². The first-order valence-electron chi connectivity index (χ1n) is 4.52. The third-order valence-corrected chi connectivity index (χ3v) is 2.46. The van der Waals surface area contributed by atoms with Crippen molar-refractivity contribution in [2.24, 2.45) is 0 Å². The minimum absolute atomic E-state index is 0.777. The predicted octanol–water partition coefficient (Wildman–Crippen LogP) is -0.223. The van der Waals surface area contributed by atoms with Crippen molar-refractivity contribution in [2.45, 2.75) is 25.3 Å². The van der Waals surface area contributed by atoms with E-state index in [0.29, 0.717) is 0 Å². The Bertz CT molecular complexity index is 112. The fourth-order valence-corrected chi connectivity index (χ4v) is 1.81. The number of hydrogen-bond acceptors (Lipinski definition) is 1. The van der Waals surface area contributed by atoms with Gasteiger partial charge in [-0.25, -0.2) is 0 Å². The van der Waals surface area contributed by atoms with E-state index in [1.54, 1.807) is 0 Å². The molecule has 2 atom stereocenters. The Balaban J connectivity index is 2.29. The van der Waals surface area contributed by atoms with Crippen LogP contribution >= 0.6 is 0 Å². The number of likely N-dealkylation sites (N-methyl/N-ethyl adjacent to an activating group) is 1. The lowest BCUT2D eigenvalue weighted by Crippen LogP contribution is -3.12. The summed E-state index contributed by atoms with van der Waals surface area (Å²) in [5.74, 6) is 0. The summed E-state index contributed by atoms with van der Waals surface area (Å²) in [6, 6.07) is 0.777. The molecule has 0 aromatic heterocycles. The van der Waals surface area contributed by atoms with Gasteiger partial charge < -0.3 is 9.80 Å². The first kappa shape index (κ1) is 9.01. The molecule has 1 heterocycles. The zero-order valence-corrected chi connectivity index (χ0v) is 7.77. The monoisotopic (exact) mass is 156 g/mol. The van der Waals surface area contributed by atoms with Crippen molar-refractivity contribution in [1.82, 2.24) is 4.90 Å². The highest BCUT2D eigenvalue weighted by molar-refractivity contribution is 4.63. The van der Waals surface area contributed by atoms with Crippen LogP contribution in [0.25, 0.3) is 0 Å². The van der Waals surface area contributed by atoms with Crippen LogP contribution in [0.3, 0.4) is 0 Å². The highest BCUT2D eigenvalue weighted by Gasteiger charge is 2.18. The SMILES string of the molecule is [CH2-][NH+]1CCCCC1CN(C)C. The lowest BCUT2D eigenvalue weighted by molar-refractivity contribution is -0.886. The van der Waals surface area contributed by atoms with Gasteiger partial charge in [0.25, 0.3) is 0 Å². The van der Waals surface area contributed by atoms with Gasteiger partial charge in [0.2, 0.25) is 0 Å². The Kier molecular flexibility index (Phi) is 3.34. The average molecular weight is 156 g/mol. The number of likely N-dealkylation sites (tertiary alicyclic amines) is 1. The van der Waals surface area contributed by atoms with Gasteiger partial charge >= 0.3 is 0 Å². The lowest BCUT2D eigenvalue weighted by atomic mass is 10.0. The third kappa shape index (κ3) is 2.80. The number of nitrogens with zero attached hydrogens (tertiary/aromatic N) is 1. The second-order valence-corrected chi connectivity index (χ2v) is 3.86. The summed E-state index contributed by atoms with van der Waals surface area (Å²) in [5, 5.41) is 0. The second kappa shape index (κ2) is 4.07. The third-order valence-electron chi connectivity index (χ3n) is 2.46. The van der Waals surface area contributed by atoms with Crippen LogP contribution in [0.15, 0.2) is 0 Å². The molecule has 0 aromatic carbocycles. The number of rotatable bonds is 2.